The number of anilines is 4. The Morgan fingerprint density at radius 3 is 0.735 bits per heavy atom. The van der Waals surface area contributed by atoms with Crippen LogP contribution in [0.4, 0.5) is 22.7 Å². The number of carbonyl (C=O) groups is 1. The van der Waals surface area contributed by atoms with Crippen molar-refractivity contribution in [2.75, 3.05) is 22.9 Å². The molecule has 34 heavy (non-hydrogen) atoms. The van der Waals surface area contributed by atoms with E-state index in [2.05, 4.69) is 52.0 Å². The lowest BCUT2D eigenvalue weighted by atomic mass is 9.96. The van der Waals surface area contributed by atoms with Crippen LogP contribution in [0, 0.1) is 27.7 Å². The first kappa shape index (κ1) is 26.0. The Morgan fingerprint density at radius 1 is 0.412 bits per heavy atom. The van der Waals surface area contributed by atoms with Crippen LogP contribution in [0.2, 0.25) is 0 Å². The van der Waals surface area contributed by atoms with E-state index in [0.717, 1.165) is 22.7 Å². The van der Waals surface area contributed by atoms with Crippen LogP contribution < -0.4 is 22.9 Å². The SMILES string of the molecule is C=O.Cc1cc(N)ccc1-c1ccc(N)cc1C.Cc1cc(N)ccc1-c1ccc(N)cc1C. The molecule has 0 aromatic heterocycles. The predicted molar refractivity (Wildman–Crippen MR) is 147 cm³/mol. The standard InChI is InChI=1S/2C14H16N2.CH2O/c2*1-9-7-11(15)3-5-13(9)14-6-4-12(16)8-10(14)2;1-2/h2*3-8H,15-16H2,1-2H3;1H2. The van der Waals surface area contributed by atoms with E-state index in [1.165, 1.54) is 44.5 Å². The molecule has 0 saturated carbocycles. The summed E-state index contributed by atoms with van der Waals surface area (Å²) in [5, 5.41) is 0. The first-order valence-corrected chi connectivity index (χ1v) is 10.9. The Labute approximate surface area is 202 Å². The number of hydrogen-bond acceptors (Lipinski definition) is 5. The van der Waals surface area contributed by atoms with Crippen molar-refractivity contribution in [3.05, 3.63) is 95.1 Å². The number of aryl methyl sites for hydroxylation is 4. The first-order valence-electron chi connectivity index (χ1n) is 10.9. The van der Waals surface area contributed by atoms with E-state index in [4.69, 9.17) is 27.7 Å². The van der Waals surface area contributed by atoms with Crippen molar-refractivity contribution in [2.24, 2.45) is 0 Å². The van der Waals surface area contributed by atoms with Crippen LogP contribution >= 0.6 is 0 Å². The molecule has 8 N–H and O–H groups in total. The van der Waals surface area contributed by atoms with Crippen molar-refractivity contribution in [1.82, 2.24) is 0 Å². The quantitative estimate of drug-likeness (QED) is 0.273. The Bertz CT molecular complexity index is 1080. The Kier molecular flexibility index (Phi) is 8.85. The van der Waals surface area contributed by atoms with Gasteiger partial charge in [-0.15, -0.1) is 0 Å². The number of benzene rings is 4. The molecule has 5 heteroatoms. The average Bonchev–Trinajstić information content (AvgIpc) is 2.77. The molecule has 0 unspecified atom stereocenters. The molecule has 176 valence electrons. The van der Waals surface area contributed by atoms with Crippen molar-refractivity contribution in [1.29, 1.82) is 0 Å². The van der Waals surface area contributed by atoms with Gasteiger partial charge in [0, 0.05) is 22.7 Å². The lowest BCUT2D eigenvalue weighted by Crippen LogP contribution is -1.92. The summed E-state index contributed by atoms with van der Waals surface area (Å²) < 4.78 is 0. The molecule has 0 aliphatic carbocycles. The molecular weight excluding hydrogens is 420 g/mol. The maximum absolute atomic E-state index is 8.00. The van der Waals surface area contributed by atoms with Crippen molar-refractivity contribution >= 4 is 29.5 Å². The van der Waals surface area contributed by atoms with E-state index in [1.807, 2.05) is 55.3 Å². The summed E-state index contributed by atoms with van der Waals surface area (Å²) in [6.45, 7) is 10.3. The summed E-state index contributed by atoms with van der Waals surface area (Å²) in [4.78, 5) is 8.00. The van der Waals surface area contributed by atoms with Gasteiger partial charge in [-0.2, -0.15) is 0 Å². The zero-order valence-corrected chi connectivity index (χ0v) is 20.4. The summed E-state index contributed by atoms with van der Waals surface area (Å²) in [6, 6.07) is 23.9. The number of hydrogen-bond donors (Lipinski definition) is 4. The fourth-order valence-electron chi connectivity index (χ4n) is 3.96. The van der Waals surface area contributed by atoms with Gasteiger partial charge in [-0.05, 0) is 121 Å². The normalized spacial score (nSPS) is 9.88. The molecule has 0 spiro atoms. The molecule has 5 nitrogen and oxygen atoms in total. The van der Waals surface area contributed by atoms with Gasteiger partial charge in [0.15, 0.2) is 0 Å². The Hall–Kier alpha value is -4.25. The molecule has 0 atom stereocenters. The fraction of sp³-hybridized carbons (Fsp3) is 0.138. The molecule has 4 rings (SSSR count). The minimum Gasteiger partial charge on any atom is -0.399 e. The fourth-order valence-corrected chi connectivity index (χ4v) is 3.96. The van der Waals surface area contributed by atoms with E-state index in [1.54, 1.807) is 0 Å². The number of nitrogens with two attached hydrogens (primary N) is 4. The molecule has 0 heterocycles. The van der Waals surface area contributed by atoms with Crippen LogP contribution in [0.3, 0.4) is 0 Å². The monoisotopic (exact) mass is 454 g/mol. The van der Waals surface area contributed by atoms with Crippen LogP contribution in [0.15, 0.2) is 72.8 Å². The van der Waals surface area contributed by atoms with Crippen molar-refractivity contribution < 1.29 is 4.79 Å². The van der Waals surface area contributed by atoms with Crippen LogP contribution in [-0.4, -0.2) is 6.79 Å². The summed E-state index contributed by atoms with van der Waals surface area (Å²) in [6.07, 6.45) is 0. The van der Waals surface area contributed by atoms with Crippen LogP contribution in [-0.2, 0) is 4.79 Å². The third kappa shape index (κ3) is 6.39. The molecule has 0 radical (unpaired) electrons. The largest absolute Gasteiger partial charge is 0.399 e. The lowest BCUT2D eigenvalue weighted by Gasteiger charge is -2.10. The van der Waals surface area contributed by atoms with Gasteiger partial charge in [-0.3, -0.25) is 0 Å². The van der Waals surface area contributed by atoms with Gasteiger partial charge in [0.2, 0.25) is 0 Å². The molecule has 0 saturated heterocycles. The predicted octanol–water partition coefficient (Wildman–Crippen LogP) is 6.08. The summed E-state index contributed by atoms with van der Waals surface area (Å²) in [5.74, 6) is 0. The topological polar surface area (TPSA) is 121 Å². The number of carbonyl (C=O) groups excluding carboxylic acids is 1. The maximum Gasteiger partial charge on any atom is 0.106 e. The second kappa shape index (κ2) is 11.6. The number of nitrogen functional groups attached to an aromatic ring is 4. The zero-order chi connectivity index (χ0) is 25.4. The van der Waals surface area contributed by atoms with Gasteiger partial charge in [0.25, 0.3) is 0 Å². The highest BCUT2D eigenvalue weighted by atomic mass is 16.1. The Morgan fingerprint density at radius 2 is 0.588 bits per heavy atom. The molecule has 0 fully saturated rings. The first-order chi connectivity index (χ1) is 16.2. The van der Waals surface area contributed by atoms with Crippen LogP contribution in [0.25, 0.3) is 22.3 Å². The second-order valence-corrected chi connectivity index (χ2v) is 8.30. The highest BCUT2D eigenvalue weighted by Crippen LogP contribution is 2.30. The highest BCUT2D eigenvalue weighted by molar-refractivity contribution is 5.75. The van der Waals surface area contributed by atoms with Crippen molar-refractivity contribution in [2.45, 2.75) is 27.7 Å². The highest BCUT2D eigenvalue weighted by Gasteiger charge is 2.06. The summed E-state index contributed by atoms with van der Waals surface area (Å²) >= 11 is 0. The van der Waals surface area contributed by atoms with Crippen LogP contribution in [0.1, 0.15) is 22.3 Å². The minimum atomic E-state index is 0.800. The second-order valence-electron chi connectivity index (χ2n) is 8.30. The van der Waals surface area contributed by atoms with Gasteiger partial charge < -0.3 is 27.7 Å². The van der Waals surface area contributed by atoms with E-state index >= 15 is 0 Å². The lowest BCUT2D eigenvalue weighted by molar-refractivity contribution is -0.0979. The van der Waals surface area contributed by atoms with Crippen molar-refractivity contribution in [3.8, 4) is 22.3 Å². The van der Waals surface area contributed by atoms with Crippen LogP contribution in [0.5, 0.6) is 0 Å². The van der Waals surface area contributed by atoms with E-state index in [0.29, 0.717) is 0 Å². The molecule has 0 aliphatic rings. The van der Waals surface area contributed by atoms with Gasteiger partial charge in [-0.25, -0.2) is 0 Å². The molecule has 0 aliphatic heterocycles. The van der Waals surface area contributed by atoms with Gasteiger partial charge >= 0.3 is 0 Å². The third-order valence-electron chi connectivity index (χ3n) is 5.58. The third-order valence-corrected chi connectivity index (χ3v) is 5.58. The van der Waals surface area contributed by atoms with Gasteiger partial charge in [0.1, 0.15) is 6.79 Å². The summed E-state index contributed by atoms with van der Waals surface area (Å²) in [7, 11) is 0. The zero-order valence-electron chi connectivity index (χ0n) is 20.4. The average molecular weight is 455 g/mol. The molecule has 4 aromatic carbocycles. The molecule has 0 bridgehead atoms. The van der Waals surface area contributed by atoms with Gasteiger partial charge in [0.05, 0.1) is 0 Å². The Balaban J connectivity index is 0.000000224. The van der Waals surface area contributed by atoms with E-state index in [-0.39, 0.29) is 0 Å². The minimum absolute atomic E-state index is 0.800. The number of rotatable bonds is 2. The smallest absolute Gasteiger partial charge is 0.106 e. The van der Waals surface area contributed by atoms with E-state index in [9.17, 15) is 0 Å². The van der Waals surface area contributed by atoms with E-state index < -0.39 is 0 Å². The van der Waals surface area contributed by atoms with Crippen molar-refractivity contribution in [3.63, 3.8) is 0 Å². The molecular formula is C29H34N4O. The van der Waals surface area contributed by atoms with Gasteiger partial charge in [-0.1, -0.05) is 24.3 Å². The maximum atomic E-state index is 8.00. The molecule has 4 aromatic rings. The molecule has 0 amide bonds. The summed E-state index contributed by atoms with van der Waals surface area (Å²) in [5.41, 5.74) is 35.8.